The molecule has 164 valence electrons. The maximum Gasteiger partial charge on any atom is 0.202 e. The van der Waals surface area contributed by atoms with Gasteiger partial charge >= 0.3 is 0 Å². The van der Waals surface area contributed by atoms with E-state index in [2.05, 4.69) is 19.1 Å². The molecule has 2 aliphatic carbocycles. The van der Waals surface area contributed by atoms with Crippen molar-refractivity contribution < 1.29 is 17.9 Å². The van der Waals surface area contributed by atoms with E-state index < -0.39 is 11.6 Å². The van der Waals surface area contributed by atoms with Crippen LogP contribution in [0.15, 0.2) is 28.7 Å². The third kappa shape index (κ3) is 4.49. The van der Waals surface area contributed by atoms with Crippen LogP contribution in [0, 0.1) is 29.4 Å². The molecule has 2 aromatic rings. The second-order valence-corrected chi connectivity index (χ2v) is 9.16. The van der Waals surface area contributed by atoms with E-state index >= 15 is 0 Å². The van der Waals surface area contributed by atoms with Gasteiger partial charge in [-0.25, -0.2) is 4.39 Å². The molecule has 2 aliphatic rings. The summed E-state index contributed by atoms with van der Waals surface area (Å²) in [5, 5.41) is 0.614. The molecule has 0 amide bonds. The van der Waals surface area contributed by atoms with Gasteiger partial charge in [0.25, 0.3) is 0 Å². The normalized spacial score (nSPS) is 27.1. The molecule has 0 radical (unpaired) electrons. The molecule has 30 heavy (non-hydrogen) atoms. The minimum atomic E-state index is -0.880. The summed E-state index contributed by atoms with van der Waals surface area (Å²) in [5.74, 6) is 1.07. The van der Waals surface area contributed by atoms with E-state index in [9.17, 15) is 8.78 Å². The molecule has 0 N–H and O–H groups in total. The monoisotopic (exact) mass is 416 g/mol. The van der Waals surface area contributed by atoms with Crippen LogP contribution in [0.25, 0.3) is 11.0 Å². The fourth-order valence-electron chi connectivity index (χ4n) is 5.54. The van der Waals surface area contributed by atoms with Gasteiger partial charge in [0, 0.05) is 17.9 Å². The molecular weight excluding hydrogens is 382 g/mol. The molecule has 1 saturated carbocycles. The van der Waals surface area contributed by atoms with Crippen LogP contribution in [0.4, 0.5) is 8.78 Å². The summed E-state index contributed by atoms with van der Waals surface area (Å²) < 4.78 is 40.3. The van der Waals surface area contributed by atoms with Gasteiger partial charge in [-0.1, -0.05) is 44.8 Å². The predicted octanol–water partition coefficient (Wildman–Crippen LogP) is 7.90. The Morgan fingerprint density at radius 3 is 2.43 bits per heavy atom. The lowest BCUT2D eigenvalue weighted by atomic mass is 9.70. The third-order valence-corrected chi connectivity index (χ3v) is 7.21. The number of rotatable bonds is 7. The minimum absolute atomic E-state index is 0.00698. The first kappa shape index (κ1) is 21.5. The highest BCUT2D eigenvalue weighted by Gasteiger charge is 2.30. The molecule has 0 spiro atoms. The molecule has 1 aromatic carbocycles. The molecule has 2 nitrogen and oxygen atoms in total. The number of hydrogen-bond acceptors (Lipinski definition) is 2. The standard InChI is InChI=1S/C26H34F2O2/c1-3-5-17-6-8-18(9-7-17)19-10-12-20(13-11-19)23-15-21-14-22(16-29-4-2)30-26(21)25(28)24(23)27/h10,12,14-15,17-20H,3-9,11,13,16H2,1-2H3. The van der Waals surface area contributed by atoms with Gasteiger partial charge in [-0.15, -0.1) is 0 Å². The topological polar surface area (TPSA) is 22.4 Å². The zero-order valence-corrected chi connectivity index (χ0v) is 18.3. The van der Waals surface area contributed by atoms with Gasteiger partial charge in [0.05, 0.1) is 0 Å². The summed E-state index contributed by atoms with van der Waals surface area (Å²) in [7, 11) is 0. The number of fused-ring (bicyclic) bond motifs is 1. The molecule has 0 bridgehead atoms. The Balaban J connectivity index is 1.47. The Morgan fingerprint density at radius 2 is 1.77 bits per heavy atom. The lowest BCUT2D eigenvalue weighted by molar-refractivity contribution is 0.119. The van der Waals surface area contributed by atoms with Crippen molar-refractivity contribution in [1.82, 2.24) is 0 Å². The van der Waals surface area contributed by atoms with Crippen LogP contribution in [0.3, 0.4) is 0 Å². The number of benzene rings is 1. The van der Waals surface area contributed by atoms with Crippen molar-refractivity contribution >= 4 is 11.0 Å². The maximum atomic E-state index is 14.8. The van der Waals surface area contributed by atoms with Crippen LogP contribution in [0.5, 0.6) is 0 Å². The second-order valence-electron chi connectivity index (χ2n) is 9.16. The Morgan fingerprint density at radius 1 is 0.967 bits per heavy atom. The average molecular weight is 417 g/mol. The molecule has 2 atom stereocenters. The van der Waals surface area contributed by atoms with Crippen molar-refractivity contribution in [3.05, 3.63) is 47.2 Å². The first-order valence-corrected chi connectivity index (χ1v) is 11.8. The molecule has 0 aliphatic heterocycles. The number of ether oxygens (including phenoxy) is 1. The second kappa shape index (κ2) is 9.64. The Hall–Kier alpha value is -1.68. The molecule has 1 heterocycles. The quantitative estimate of drug-likeness (QED) is 0.428. The van der Waals surface area contributed by atoms with Gasteiger partial charge in [-0.2, -0.15) is 4.39 Å². The predicted molar refractivity (Wildman–Crippen MR) is 116 cm³/mol. The Bertz CT molecular complexity index is 877. The summed E-state index contributed by atoms with van der Waals surface area (Å²) in [6.45, 7) is 4.99. The van der Waals surface area contributed by atoms with E-state index in [0.29, 0.717) is 29.2 Å². The highest BCUT2D eigenvalue weighted by molar-refractivity contribution is 5.80. The van der Waals surface area contributed by atoms with Crippen molar-refractivity contribution in [2.24, 2.45) is 17.8 Å². The number of hydrogen-bond donors (Lipinski definition) is 0. The Kier molecular flexibility index (Phi) is 6.92. The van der Waals surface area contributed by atoms with Crippen molar-refractivity contribution in [3.8, 4) is 0 Å². The minimum Gasteiger partial charge on any atom is -0.455 e. The van der Waals surface area contributed by atoms with Crippen LogP contribution < -0.4 is 0 Å². The van der Waals surface area contributed by atoms with Gasteiger partial charge in [-0.05, 0) is 68.1 Å². The average Bonchev–Trinajstić information content (AvgIpc) is 3.19. The highest BCUT2D eigenvalue weighted by Crippen LogP contribution is 2.42. The van der Waals surface area contributed by atoms with Crippen molar-refractivity contribution in [2.75, 3.05) is 6.61 Å². The van der Waals surface area contributed by atoms with Crippen LogP contribution >= 0.6 is 0 Å². The zero-order chi connectivity index (χ0) is 21.1. The number of halogens is 2. The van der Waals surface area contributed by atoms with Crippen molar-refractivity contribution in [3.63, 3.8) is 0 Å². The molecule has 1 fully saturated rings. The van der Waals surface area contributed by atoms with E-state index in [1.807, 2.05) is 6.92 Å². The largest absolute Gasteiger partial charge is 0.455 e. The van der Waals surface area contributed by atoms with Crippen molar-refractivity contribution in [1.29, 1.82) is 0 Å². The maximum absolute atomic E-state index is 14.8. The molecule has 0 saturated heterocycles. The Labute approximate surface area is 178 Å². The molecule has 1 aromatic heterocycles. The van der Waals surface area contributed by atoms with Crippen LogP contribution in [0.1, 0.15) is 82.5 Å². The summed E-state index contributed by atoms with van der Waals surface area (Å²) >= 11 is 0. The van der Waals surface area contributed by atoms with Gasteiger partial charge in [0.1, 0.15) is 12.4 Å². The molecule has 4 rings (SSSR count). The number of furan rings is 1. The van der Waals surface area contributed by atoms with E-state index in [-0.39, 0.29) is 18.1 Å². The van der Waals surface area contributed by atoms with Gasteiger partial charge in [-0.3, -0.25) is 0 Å². The molecule has 2 unspecified atom stereocenters. The molecule has 4 heteroatoms. The van der Waals surface area contributed by atoms with Crippen LogP contribution in [-0.2, 0) is 11.3 Å². The SMILES string of the molecule is CCCC1CCC(C2C=CC(c3cc4cc(COCC)oc4c(F)c3F)CC2)CC1. The molecular formula is C26H34F2O2. The van der Waals surface area contributed by atoms with E-state index in [1.165, 1.54) is 38.5 Å². The van der Waals surface area contributed by atoms with Gasteiger partial charge in [0.15, 0.2) is 11.4 Å². The first-order chi connectivity index (χ1) is 14.6. The third-order valence-electron chi connectivity index (χ3n) is 7.21. The van der Waals surface area contributed by atoms with Gasteiger partial charge in [0.2, 0.25) is 5.82 Å². The lowest BCUT2D eigenvalue weighted by Crippen LogP contribution is -2.23. The summed E-state index contributed by atoms with van der Waals surface area (Å²) in [5.41, 5.74) is 0.442. The first-order valence-electron chi connectivity index (χ1n) is 11.8. The van der Waals surface area contributed by atoms with Gasteiger partial charge < -0.3 is 9.15 Å². The van der Waals surface area contributed by atoms with E-state index in [0.717, 1.165) is 24.7 Å². The smallest absolute Gasteiger partial charge is 0.202 e. The fraction of sp³-hybridized carbons (Fsp3) is 0.615. The lowest BCUT2D eigenvalue weighted by Gasteiger charge is -2.35. The van der Waals surface area contributed by atoms with Crippen LogP contribution in [-0.4, -0.2) is 6.61 Å². The van der Waals surface area contributed by atoms with Crippen LogP contribution in [0.2, 0.25) is 0 Å². The highest BCUT2D eigenvalue weighted by atomic mass is 19.2. The summed E-state index contributed by atoms with van der Waals surface area (Å²) in [6, 6.07) is 3.53. The zero-order valence-electron chi connectivity index (χ0n) is 18.3. The van der Waals surface area contributed by atoms with E-state index in [4.69, 9.17) is 9.15 Å². The summed E-state index contributed by atoms with van der Waals surface area (Å²) in [6.07, 6.45) is 14.3. The van der Waals surface area contributed by atoms with Crippen molar-refractivity contribution in [2.45, 2.75) is 77.7 Å². The van der Waals surface area contributed by atoms with E-state index in [1.54, 1.807) is 12.1 Å². The number of allylic oxidation sites excluding steroid dienone is 2. The summed E-state index contributed by atoms with van der Waals surface area (Å²) in [4.78, 5) is 0. The fourth-order valence-corrected chi connectivity index (χ4v) is 5.54.